The van der Waals surface area contributed by atoms with E-state index in [1.54, 1.807) is 0 Å². The molecule has 212 valence electrons. The molecule has 0 aliphatic heterocycles. The fourth-order valence-electron chi connectivity index (χ4n) is 9.46. The minimum absolute atomic E-state index is 0.0427. The molecule has 0 spiro atoms. The van der Waals surface area contributed by atoms with Crippen molar-refractivity contribution in [3.63, 3.8) is 0 Å². The third-order valence-corrected chi connectivity index (χ3v) is 11.6. The molecule has 0 aromatic carbocycles. The minimum Gasteiger partial charge on any atom is -0.468 e. The number of halogens is 1. The van der Waals surface area contributed by atoms with Crippen molar-refractivity contribution in [1.82, 2.24) is 4.90 Å². The molecule has 0 aromatic rings. The number of aliphatic hydroxyl groups excluding tert-OH is 3. The summed E-state index contributed by atoms with van der Waals surface area (Å²) in [7, 11) is 1.25. The van der Waals surface area contributed by atoms with Crippen LogP contribution in [0.5, 0.6) is 0 Å². The second-order valence-electron chi connectivity index (χ2n) is 13.1. The maximum absolute atomic E-state index is 13.0. The molecule has 1 amide bonds. The second kappa shape index (κ2) is 11.1. The number of ether oxygens (including phenoxy) is 1. The van der Waals surface area contributed by atoms with E-state index in [1.165, 1.54) is 12.0 Å². The van der Waals surface area contributed by atoms with Gasteiger partial charge in [0.2, 0.25) is 5.91 Å². The molecule has 0 saturated heterocycles. The Bertz CT molecular complexity index is 841. The highest BCUT2D eigenvalue weighted by Crippen LogP contribution is 2.68. The molecule has 4 fully saturated rings. The predicted octanol–water partition coefficient (Wildman–Crippen LogP) is 3.34. The normalized spacial score (nSPS) is 43.8. The molecular weight excluding hydrogens is 476 g/mol. The SMILES string of the molecule is COC(=O)CN(CC[18F])C(=O)CC[C@@H](C)[C@H]1CCC2C3C(C[C@H](O)[C@@]21C)[C@@]1(C)CC[C@@H](O)CC1C[C@H]3O. The Balaban J connectivity index is 1.46. The van der Waals surface area contributed by atoms with Gasteiger partial charge in [0, 0.05) is 13.0 Å². The number of nitrogens with zero attached hydrogens (tertiary/aromatic N) is 1. The fraction of sp³-hybridized carbons (Fsp3) is 0.931. The van der Waals surface area contributed by atoms with Gasteiger partial charge in [0.05, 0.1) is 25.4 Å². The Morgan fingerprint density at radius 2 is 1.81 bits per heavy atom. The number of aliphatic hydroxyl groups is 3. The van der Waals surface area contributed by atoms with Crippen molar-refractivity contribution in [2.45, 2.75) is 96.9 Å². The molecule has 0 heterocycles. The molecule has 4 aliphatic rings. The summed E-state index contributed by atoms with van der Waals surface area (Å²) in [5, 5.41) is 33.4. The van der Waals surface area contributed by atoms with Crippen LogP contribution in [0.1, 0.15) is 78.6 Å². The molecule has 4 saturated carbocycles. The van der Waals surface area contributed by atoms with Crippen LogP contribution in [-0.4, -0.2) is 77.3 Å². The Labute approximate surface area is 221 Å². The summed E-state index contributed by atoms with van der Waals surface area (Å²) in [4.78, 5) is 25.7. The van der Waals surface area contributed by atoms with Crippen LogP contribution in [0, 0.1) is 46.3 Å². The van der Waals surface area contributed by atoms with Crippen molar-refractivity contribution in [2.75, 3.05) is 26.9 Å². The summed E-state index contributed by atoms with van der Waals surface area (Å²) in [6.45, 7) is 5.60. The van der Waals surface area contributed by atoms with E-state index in [4.69, 9.17) is 0 Å². The van der Waals surface area contributed by atoms with E-state index in [0.717, 1.165) is 38.5 Å². The number of amides is 1. The van der Waals surface area contributed by atoms with Crippen molar-refractivity contribution < 1.29 is 34.0 Å². The lowest BCUT2D eigenvalue weighted by atomic mass is 9.43. The Morgan fingerprint density at radius 3 is 2.49 bits per heavy atom. The van der Waals surface area contributed by atoms with Crippen molar-refractivity contribution in [1.29, 1.82) is 0 Å². The number of hydrogen-bond acceptors (Lipinski definition) is 6. The van der Waals surface area contributed by atoms with Gasteiger partial charge in [-0.25, -0.2) is 4.39 Å². The van der Waals surface area contributed by atoms with E-state index in [2.05, 4.69) is 25.5 Å². The van der Waals surface area contributed by atoms with Gasteiger partial charge in [0.15, 0.2) is 0 Å². The highest BCUT2D eigenvalue weighted by atomic mass is 18.2. The van der Waals surface area contributed by atoms with Gasteiger partial charge in [-0.15, -0.1) is 0 Å². The van der Waals surface area contributed by atoms with Gasteiger partial charge in [-0.05, 0) is 97.7 Å². The Hall–Kier alpha value is -1.25. The molecule has 8 heteroatoms. The zero-order valence-electron chi connectivity index (χ0n) is 23.1. The number of alkyl halides is 1. The highest BCUT2D eigenvalue weighted by Gasteiger charge is 2.65. The zero-order chi connectivity index (χ0) is 27.1. The Kier molecular flexibility index (Phi) is 8.62. The van der Waals surface area contributed by atoms with E-state index in [9.17, 15) is 29.3 Å². The number of fused-ring (bicyclic) bond motifs is 5. The number of hydrogen-bond donors (Lipinski definition) is 3. The van der Waals surface area contributed by atoms with Gasteiger partial charge in [0.25, 0.3) is 0 Å². The first-order valence-electron chi connectivity index (χ1n) is 14.4. The highest BCUT2D eigenvalue weighted by molar-refractivity contribution is 5.82. The monoisotopic (exact) mass is 524 g/mol. The molecule has 4 aliphatic carbocycles. The predicted molar refractivity (Wildman–Crippen MR) is 137 cm³/mol. The van der Waals surface area contributed by atoms with E-state index >= 15 is 0 Å². The van der Waals surface area contributed by atoms with E-state index in [0.29, 0.717) is 18.8 Å². The quantitative estimate of drug-likeness (QED) is 0.421. The summed E-state index contributed by atoms with van der Waals surface area (Å²) >= 11 is 0. The molecule has 11 atom stereocenters. The molecule has 37 heavy (non-hydrogen) atoms. The first-order valence-corrected chi connectivity index (χ1v) is 14.4. The van der Waals surface area contributed by atoms with Crippen LogP contribution in [-0.2, 0) is 14.3 Å². The first kappa shape index (κ1) is 28.8. The molecule has 0 bridgehead atoms. The molecular formula is C29H48FNO6. The average molecular weight is 525 g/mol. The van der Waals surface area contributed by atoms with Gasteiger partial charge in [-0.1, -0.05) is 20.8 Å². The summed E-state index contributed by atoms with van der Waals surface area (Å²) in [6.07, 6.45) is 5.51. The number of carbonyl (C=O) groups excluding carboxylic acids is 2. The lowest BCUT2D eigenvalue weighted by Gasteiger charge is -2.63. The van der Waals surface area contributed by atoms with Crippen LogP contribution in [0.15, 0.2) is 0 Å². The molecule has 4 unspecified atom stereocenters. The van der Waals surface area contributed by atoms with E-state index < -0.39 is 24.9 Å². The zero-order valence-corrected chi connectivity index (χ0v) is 23.1. The lowest BCUT2D eigenvalue weighted by Crippen LogP contribution is -2.62. The first-order chi connectivity index (χ1) is 17.5. The molecule has 7 nitrogen and oxygen atoms in total. The fourth-order valence-corrected chi connectivity index (χ4v) is 9.46. The van der Waals surface area contributed by atoms with Crippen LogP contribution < -0.4 is 0 Å². The molecule has 0 radical (unpaired) electrons. The maximum Gasteiger partial charge on any atom is 0.325 e. The van der Waals surface area contributed by atoms with Crippen molar-refractivity contribution in [2.24, 2.45) is 46.3 Å². The smallest absolute Gasteiger partial charge is 0.325 e. The van der Waals surface area contributed by atoms with E-state index in [-0.39, 0.29) is 71.9 Å². The van der Waals surface area contributed by atoms with Crippen LogP contribution in [0.2, 0.25) is 0 Å². The minimum atomic E-state index is -0.712. The molecule has 3 N–H and O–H groups in total. The third kappa shape index (κ3) is 5.07. The van der Waals surface area contributed by atoms with E-state index in [1.807, 2.05) is 0 Å². The largest absolute Gasteiger partial charge is 0.468 e. The van der Waals surface area contributed by atoms with Crippen LogP contribution >= 0.6 is 0 Å². The maximum atomic E-state index is 13.0. The van der Waals surface area contributed by atoms with Gasteiger partial charge in [-0.2, -0.15) is 0 Å². The average Bonchev–Trinajstić information content (AvgIpc) is 3.22. The third-order valence-electron chi connectivity index (χ3n) is 11.6. The lowest BCUT2D eigenvalue weighted by molar-refractivity contribution is -0.207. The number of carbonyl (C=O) groups is 2. The van der Waals surface area contributed by atoms with Crippen molar-refractivity contribution in [3.05, 3.63) is 0 Å². The van der Waals surface area contributed by atoms with Crippen LogP contribution in [0.3, 0.4) is 0 Å². The number of esters is 1. The van der Waals surface area contributed by atoms with Crippen LogP contribution in [0.25, 0.3) is 0 Å². The number of rotatable bonds is 8. The van der Waals surface area contributed by atoms with Gasteiger partial charge >= 0.3 is 5.97 Å². The van der Waals surface area contributed by atoms with Gasteiger partial charge in [-0.3, -0.25) is 9.59 Å². The Morgan fingerprint density at radius 1 is 1.08 bits per heavy atom. The number of methoxy groups -OCH3 is 1. The molecule has 4 rings (SSSR count). The van der Waals surface area contributed by atoms with Crippen molar-refractivity contribution in [3.8, 4) is 0 Å². The summed E-state index contributed by atoms with van der Waals surface area (Å²) in [6, 6.07) is 0. The molecule has 0 aromatic heterocycles. The topological polar surface area (TPSA) is 107 Å². The summed E-state index contributed by atoms with van der Waals surface area (Å²) in [5.74, 6) is 0.519. The summed E-state index contributed by atoms with van der Waals surface area (Å²) in [5.41, 5.74) is -0.284. The van der Waals surface area contributed by atoms with Crippen molar-refractivity contribution >= 4 is 11.9 Å². The second-order valence-corrected chi connectivity index (χ2v) is 13.1. The van der Waals surface area contributed by atoms with Gasteiger partial charge in [0.1, 0.15) is 13.2 Å². The standard InChI is InChI=1S/C29H48FNO6/c1-17(5-8-25(35)31(12-11-30)16-26(36)37-4)20-6-7-21-27-22(15-24(34)29(20,21)3)28(2)10-9-19(32)13-18(28)14-23(27)33/h17-24,27,32-34H,5-16H2,1-4H3/t17-,18?,19-,20-,21?,22?,23-,24+,27?,28+,29-/m1/s1/i30-1. The summed E-state index contributed by atoms with van der Waals surface area (Å²) < 4.78 is 17.6. The van der Waals surface area contributed by atoms with Gasteiger partial charge < -0.3 is 25.0 Å². The van der Waals surface area contributed by atoms with Crippen LogP contribution in [0.4, 0.5) is 4.39 Å².